The lowest BCUT2D eigenvalue weighted by Gasteiger charge is -2.28. The molecular weight excluding hydrogens is 352 g/mol. The van der Waals surface area contributed by atoms with Crippen LogP contribution in [0.4, 0.5) is 4.79 Å². The molecule has 0 fully saturated rings. The molecule has 0 aliphatic carbocycles. The van der Waals surface area contributed by atoms with E-state index in [0.717, 1.165) is 0 Å². The predicted octanol–water partition coefficient (Wildman–Crippen LogP) is 2.63. The fraction of sp³-hybridized carbons (Fsp3) is 0.474. The van der Waals surface area contributed by atoms with Crippen LogP contribution in [-0.4, -0.2) is 52.5 Å². The first-order valence-electron chi connectivity index (χ1n) is 8.66. The standard InChI is InChI=1S/C19H24N2O6/c1-12(2)10-20(18(25)26-19(3,4)5)11-15(22)27-21-16(23)13-8-6-7-9-14(13)17(21)24/h6-9,12H,10-11H2,1-5H3. The van der Waals surface area contributed by atoms with E-state index in [0.29, 0.717) is 5.06 Å². The molecule has 0 atom stereocenters. The Morgan fingerprint density at radius 1 is 1.07 bits per heavy atom. The molecule has 0 radical (unpaired) electrons. The highest BCUT2D eigenvalue weighted by Crippen LogP contribution is 2.22. The Labute approximate surface area is 158 Å². The highest BCUT2D eigenvalue weighted by Gasteiger charge is 2.39. The molecule has 146 valence electrons. The van der Waals surface area contributed by atoms with Crippen molar-refractivity contribution in [1.82, 2.24) is 9.96 Å². The third kappa shape index (κ3) is 5.06. The molecule has 8 nitrogen and oxygen atoms in total. The molecule has 0 spiro atoms. The minimum atomic E-state index is -0.906. The number of fused-ring (bicyclic) bond motifs is 1. The minimum absolute atomic E-state index is 0.0737. The molecule has 0 aromatic heterocycles. The number of hydrogen-bond acceptors (Lipinski definition) is 6. The molecule has 1 aromatic carbocycles. The van der Waals surface area contributed by atoms with Crippen molar-refractivity contribution in [2.45, 2.75) is 40.2 Å². The van der Waals surface area contributed by atoms with E-state index < -0.39 is 36.0 Å². The summed E-state index contributed by atoms with van der Waals surface area (Å²) in [6.45, 7) is 8.73. The van der Waals surface area contributed by atoms with Gasteiger partial charge in [0.05, 0.1) is 11.1 Å². The maximum Gasteiger partial charge on any atom is 0.410 e. The lowest BCUT2D eigenvalue weighted by atomic mass is 10.1. The first-order valence-corrected chi connectivity index (χ1v) is 8.66. The summed E-state index contributed by atoms with van der Waals surface area (Å²) in [6.07, 6.45) is -0.671. The molecule has 0 bridgehead atoms. The van der Waals surface area contributed by atoms with Crippen molar-refractivity contribution in [1.29, 1.82) is 0 Å². The quantitative estimate of drug-likeness (QED) is 0.734. The van der Waals surface area contributed by atoms with Gasteiger partial charge in [0.2, 0.25) is 0 Å². The van der Waals surface area contributed by atoms with Crippen LogP contribution < -0.4 is 0 Å². The fourth-order valence-corrected chi connectivity index (χ4v) is 2.51. The van der Waals surface area contributed by atoms with Crippen LogP contribution in [0.2, 0.25) is 0 Å². The van der Waals surface area contributed by atoms with E-state index in [-0.39, 0.29) is 23.6 Å². The Bertz CT molecular complexity index is 731. The van der Waals surface area contributed by atoms with Gasteiger partial charge in [0.15, 0.2) is 0 Å². The van der Waals surface area contributed by atoms with Crippen LogP contribution in [0, 0.1) is 5.92 Å². The summed E-state index contributed by atoms with van der Waals surface area (Å²) in [5.41, 5.74) is -0.387. The maximum absolute atomic E-state index is 12.3. The van der Waals surface area contributed by atoms with Gasteiger partial charge in [-0.25, -0.2) is 9.59 Å². The minimum Gasteiger partial charge on any atom is -0.444 e. The molecule has 27 heavy (non-hydrogen) atoms. The van der Waals surface area contributed by atoms with Gasteiger partial charge in [0, 0.05) is 6.54 Å². The second kappa shape index (κ2) is 7.77. The van der Waals surface area contributed by atoms with Crippen LogP contribution in [0.25, 0.3) is 0 Å². The molecule has 0 saturated carbocycles. The van der Waals surface area contributed by atoms with Crippen molar-refractivity contribution < 1.29 is 28.8 Å². The average molecular weight is 376 g/mol. The SMILES string of the molecule is CC(C)CN(CC(=O)ON1C(=O)c2ccccc2C1=O)C(=O)OC(C)(C)C. The Morgan fingerprint density at radius 3 is 2.04 bits per heavy atom. The molecule has 1 heterocycles. The number of carbonyl (C=O) groups is 4. The molecule has 0 saturated heterocycles. The van der Waals surface area contributed by atoms with Crippen molar-refractivity contribution in [3.8, 4) is 0 Å². The molecule has 1 aromatic rings. The zero-order valence-corrected chi connectivity index (χ0v) is 16.1. The Kier molecular flexibility index (Phi) is 5.88. The van der Waals surface area contributed by atoms with Gasteiger partial charge in [-0.15, -0.1) is 0 Å². The number of hydrogen-bond donors (Lipinski definition) is 0. The largest absolute Gasteiger partial charge is 0.444 e. The summed E-state index contributed by atoms with van der Waals surface area (Å²) in [5, 5.41) is 0.426. The summed E-state index contributed by atoms with van der Waals surface area (Å²) in [4.78, 5) is 55.3. The molecule has 8 heteroatoms. The van der Waals surface area contributed by atoms with E-state index in [9.17, 15) is 19.2 Å². The lowest BCUT2D eigenvalue weighted by molar-refractivity contribution is -0.169. The Balaban J connectivity index is 2.07. The number of ether oxygens (including phenoxy) is 1. The topological polar surface area (TPSA) is 93.2 Å². The van der Waals surface area contributed by atoms with Gasteiger partial charge in [0.1, 0.15) is 12.1 Å². The zero-order valence-electron chi connectivity index (χ0n) is 16.1. The number of imide groups is 1. The number of amides is 3. The van der Waals surface area contributed by atoms with Gasteiger partial charge in [-0.1, -0.05) is 31.0 Å². The van der Waals surface area contributed by atoms with E-state index in [1.54, 1.807) is 32.9 Å². The van der Waals surface area contributed by atoms with Crippen molar-refractivity contribution in [3.05, 3.63) is 35.4 Å². The van der Waals surface area contributed by atoms with Gasteiger partial charge >= 0.3 is 12.1 Å². The lowest BCUT2D eigenvalue weighted by Crippen LogP contribution is -2.44. The van der Waals surface area contributed by atoms with E-state index in [1.165, 1.54) is 17.0 Å². The molecule has 3 amide bonds. The third-order valence-electron chi connectivity index (χ3n) is 3.51. The highest BCUT2D eigenvalue weighted by molar-refractivity contribution is 6.20. The van der Waals surface area contributed by atoms with Crippen LogP contribution in [0.1, 0.15) is 55.3 Å². The van der Waals surface area contributed by atoms with Crippen molar-refractivity contribution >= 4 is 23.9 Å². The maximum atomic E-state index is 12.3. The fourth-order valence-electron chi connectivity index (χ4n) is 2.51. The normalized spacial score (nSPS) is 13.6. The monoisotopic (exact) mass is 376 g/mol. The van der Waals surface area contributed by atoms with Crippen molar-refractivity contribution in [2.75, 3.05) is 13.1 Å². The number of hydroxylamine groups is 2. The molecule has 1 aliphatic rings. The summed E-state index contributed by atoms with van der Waals surface area (Å²) < 4.78 is 5.30. The van der Waals surface area contributed by atoms with Crippen LogP contribution in [0.3, 0.4) is 0 Å². The summed E-state index contributed by atoms with van der Waals surface area (Å²) in [6, 6.07) is 6.19. The smallest absolute Gasteiger partial charge is 0.410 e. The Hall–Kier alpha value is -2.90. The highest BCUT2D eigenvalue weighted by atomic mass is 16.7. The second-order valence-corrected chi connectivity index (χ2v) is 7.67. The van der Waals surface area contributed by atoms with Crippen LogP contribution >= 0.6 is 0 Å². The number of nitrogens with zero attached hydrogens (tertiary/aromatic N) is 2. The van der Waals surface area contributed by atoms with Crippen LogP contribution in [0.15, 0.2) is 24.3 Å². The molecule has 1 aliphatic heterocycles. The van der Waals surface area contributed by atoms with Gasteiger partial charge in [0.25, 0.3) is 11.8 Å². The van der Waals surface area contributed by atoms with Gasteiger partial charge in [-0.05, 0) is 38.8 Å². The van der Waals surface area contributed by atoms with E-state index in [4.69, 9.17) is 9.57 Å². The van der Waals surface area contributed by atoms with Gasteiger partial charge in [-0.3, -0.25) is 14.5 Å². The van der Waals surface area contributed by atoms with E-state index in [1.807, 2.05) is 13.8 Å². The number of benzene rings is 1. The molecule has 0 N–H and O–H groups in total. The van der Waals surface area contributed by atoms with Gasteiger partial charge < -0.3 is 9.57 Å². The second-order valence-electron chi connectivity index (χ2n) is 7.67. The molecular formula is C19H24N2O6. The zero-order chi connectivity index (χ0) is 20.4. The molecule has 2 rings (SSSR count). The molecule has 0 unspecified atom stereocenters. The summed E-state index contributed by atoms with van der Waals surface area (Å²) >= 11 is 0. The predicted molar refractivity (Wildman–Crippen MR) is 95.7 cm³/mol. The first-order chi connectivity index (χ1) is 12.5. The third-order valence-corrected chi connectivity index (χ3v) is 3.51. The van der Waals surface area contributed by atoms with Crippen molar-refractivity contribution in [2.24, 2.45) is 5.92 Å². The first kappa shape index (κ1) is 20.4. The summed E-state index contributed by atoms with van der Waals surface area (Å²) in [5.74, 6) is -2.26. The van der Waals surface area contributed by atoms with Crippen LogP contribution in [-0.2, 0) is 14.4 Å². The van der Waals surface area contributed by atoms with E-state index in [2.05, 4.69) is 0 Å². The van der Waals surface area contributed by atoms with Crippen LogP contribution in [0.5, 0.6) is 0 Å². The van der Waals surface area contributed by atoms with E-state index >= 15 is 0 Å². The Morgan fingerprint density at radius 2 is 1.59 bits per heavy atom. The average Bonchev–Trinajstić information content (AvgIpc) is 2.78. The van der Waals surface area contributed by atoms with Crippen molar-refractivity contribution in [3.63, 3.8) is 0 Å². The van der Waals surface area contributed by atoms with Gasteiger partial charge in [-0.2, -0.15) is 0 Å². The number of carbonyl (C=O) groups excluding carboxylic acids is 4. The summed E-state index contributed by atoms with van der Waals surface area (Å²) in [7, 11) is 0. The number of rotatable bonds is 5.